The zero-order valence-electron chi connectivity index (χ0n) is 8.99. The van der Waals surface area contributed by atoms with Crippen LogP contribution in [0.1, 0.15) is 38.5 Å². The van der Waals surface area contributed by atoms with E-state index < -0.39 is 0 Å². The SMILES string of the molecule is O=C1C(Br)CCN1C(C1CCC1)C1CC1. The smallest absolute Gasteiger partial charge is 0.236 e. The van der Waals surface area contributed by atoms with Gasteiger partial charge >= 0.3 is 0 Å². The van der Waals surface area contributed by atoms with Crippen LogP contribution in [0.4, 0.5) is 0 Å². The first-order valence-electron chi connectivity index (χ1n) is 6.22. The molecule has 0 radical (unpaired) electrons. The lowest BCUT2D eigenvalue weighted by Crippen LogP contribution is -2.46. The number of halogens is 1. The predicted octanol–water partition coefficient (Wildman–Crippen LogP) is 2.56. The number of carbonyl (C=O) groups excluding carboxylic acids is 1. The van der Waals surface area contributed by atoms with Crippen LogP contribution in [0.3, 0.4) is 0 Å². The highest BCUT2D eigenvalue weighted by Gasteiger charge is 2.46. The normalized spacial score (nSPS) is 34.3. The van der Waals surface area contributed by atoms with Crippen molar-refractivity contribution in [1.29, 1.82) is 0 Å². The molecule has 3 rings (SSSR count). The monoisotopic (exact) mass is 271 g/mol. The minimum atomic E-state index is 0.110. The number of carbonyl (C=O) groups is 1. The molecule has 2 aliphatic carbocycles. The van der Waals surface area contributed by atoms with Gasteiger partial charge in [-0.3, -0.25) is 4.79 Å². The Morgan fingerprint density at radius 3 is 2.20 bits per heavy atom. The van der Waals surface area contributed by atoms with Crippen LogP contribution in [0.2, 0.25) is 0 Å². The first-order chi connectivity index (χ1) is 7.27. The molecule has 0 spiro atoms. The largest absolute Gasteiger partial charge is 0.338 e. The number of likely N-dealkylation sites (tertiary alicyclic amines) is 1. The summed E-state index contributed by atoms with van der Waals surface area (Å²) in [7, 11) is 0. The Morgan fingerprint density at radius 2 is 1.80 bits per heavy atom. The molecule has 1 amide bonds. The molecule has 1 aliphatic heterocycles. The summed E-state index contributed by atoms with van der Waals surface area (Å²) in [5.74, 6) is 2.04. The van der Waals surface area contributed by atoms with Crippen LogP contribution < -0.4 is 0 Å². The van der Waals surface area contributed by atoms with Gasteiger partial charge in [0.05, 0.1) is 4.83 Å². The van der Waals surface area contributed by atoms with E-state index in [1.54, 1.807) is 0 Å². The fourth-order valence-electron chi connectivity index (χ4n) is 3.07. The standard InChI is InChI=1S/C12H18BrNO/c13-10-6-7-14(12(10)15)11(9-4-5-9)8-2-1-3-8/h8-11H,1-7H2. The van der Waals surface area contributed by atoms with Crippen molar-refractivity contribution in [2.75, 3.05) is 6.54 Å². The van der Waals surface area contributed by atoms with Crippen LogP contribution >= 0.6 is 15.9 Å². The maximum absolute atomic E-state index is 12.0. The third-order valence-corrected chi connectivity index (χ3v) is 5.12. The Kier molecular flexibility index (Phi) is 2.54. The Labute approximate surface area is 99.5 Å². The molecule has 2 atom stereocenters. The van der Waals surface area contributed by atoms with Gasteiger partial charge in [-0.15, -0.1) is 0 Å². The molecule has 0 aromatic carbocycles. The minimum Gasteiger partial charge on any atom is -0.338 e. The third-order valence-electron chi connectivity index (χ3n) is 4.27. The summed E-state index contributed by atoms with van der Waals surface area (Å²) in [5.41, 5.74) is 0. The molecule has 15 heavy (non-hydrogen) atoms. The number of alkyl halides is 1. The van der Waals surface area contributed by atoms with Crippen molar-refractivity contribution in [2.45, 2.75) is 49.4 Å². The summed E-state index contributed by atoms with van der Waals surface area (Å²) in [5, 5.41) is 0. The summed E-state index contributed by atoms with van der Waals surface area (Å²) in [6, 6.07) is 0.605. The van der Waals surface area contributed by atoms with Crippen LogP contribution in [0.15, 0.2) is 0 Å². The quantitative estimate of drug-likeness (QED) is 0.723. The van der Waals surface area contributed by atoms with Gasteiger partial charge in [0.25, 0.3) is 0 Å². The first kappa shape index (κ1) is 10.1. The molecule has 0 aromatic rings. The van der Waals surface area contributed by atoms with E-state index in [9.17, 15) is 4.79 Å². The van der Waals surface area contributed by atoms with E-state index >= 15 is 0 Å². The summed E-state index contributed by atoms with van der Waals surface area (Å²) in [6.07, 6.45) is 7.83. The van der Waals surface area contributed by atoms with Crippen LogP contribution in [0.25, 0.3) is 0 Å². The first-order valence-corrected chi connectivity index (χ1v) is 7.13. The van der Waals surface area contributed by atoms with Crippen molar-refractivity contribution < 1.29 is 4.79 Å². The highest BCUT2D eigenvalue weighted by Crippen LogP contribution is 2.46. The van der Waals surface area contributed by atoms with Gasteiger partial charge in [0.2, 0.25) is 5.91 Å². The van der Waals surface area contributed by atoms with Gasteiger partial charge < -0.3 is 4.90 Å². The highest BCUT2D eigenvalue weighted by atomic mass is 79.9. The Hall–Kier alpha value is -0.0500. The van der Waals surface area contributed by atoms with Crippen LogP contribution in [-0.2, 0) is 4.79 Å². The lowest BCUT2D eigenvalue weighted by Gasteiger charge is -2.39. The number of amides is 1. The molecule has 2 saturated carbocycles. The average molecular weight is 272 g/mol. The topological polar surface area (TPSA) is 20.3 Å². The lowest BCUT2D eigenvalue weighted by atomic mass is 9.77. The second kappa shape index (κ2) is 3.76. The van der Waals surface area contributed by atoms with Crippen LogP contribution in [-0.4, -0.2) is 28.2 Å². The van der Waals surface area contributed by atoms with E-state index in [1.165, 1.54) is 32.1 Å². The summed E-state index contributed by atoms with van der Waals surface area (Å²) >= 11 is 3.48. The molecule has 1 heterocycles. The van der Waals surface area contributed by atoms with Crippen molar-refractivity contribution in [3.63, 3.8) is 0 Å². The molecule has 3 fully saturated rings. The summed E-state index contributed by atoms with van der Waals surface area (Å²) in [6.45, 7) is 0.992. The van der Waals surface area contributed by atoms with Gasteiger partial charge in [-0.05, 0) is 43.9 Å². The molecule has 2 nitrogen and oxygen atoms in total. The Morgan fingerprint density at radius 1 is 1.13 bits per heavy atom. The molecule has 1 saturated heterocycles. The van der Waals surface area contributed by atoms with Gasteiger partial charge in [-0.1, -0.05) is 22.4 Å². The Bertz CT molecular complexity index is 273. The van der Waals surface area contributed by atoms with Gasteiger partial charge in [0.15, 0.2) is 0 Å². The van der Waals surface area contributed by atoms with E-state index in [-0.39, 0.29) is 4.83 Å². The van der Waals surface area contributed by atoms with Crippen molar-refractivity contribution in [3.05, 3.63) is 0 Å². The molecule has 3 aliphatic rings. The van der Waals surface area contributed by atoms with Crippen molar-refractivity contribution in [3.8, 4) is 0 Å². The maximum Gasteiger partial charge on any atom is 0.236 e. The van der Waals surface area contributed by atoms with Gasteiger partial charge in [-0.25, -0.2) is 0 Å². The molecular formula is C12H18BrNO. The molecule has 0 aromatic heterocycles. The van der Waals surface area contributed by atoms with E-state index in [2.05, 4.69) is 20.8 Å². The van der Waals surface area contributed by atoms with Crippen LogP contribution in [0, 0.1) is 11.8 Å². The summed E-state index contributed by atoms with van der Waals surface area (Å²) in [4.78, 5) is 14.3. The van der Waals surface area contributed by atoms with Gasteiger partial charge in [0, 0.05) is 12.6 Å². The zero-order valence-corrected chi connectivity index (χ0v) is 10.6. The van der Waals surface area contributed by atoms with E-state index in [4.69, 9.17) is 0 Å². The minimum absolute atomic E-state index is 0.110. The molecule has 84 valence electrons. The van der Waals surface area contributed by atoms with E-state index in [1.807, 2.05) is 0 Å². The van der Waals surface area contributed by atoms with Crippen molar-refractivity contribution in [1.82, 2.24) is 4.90 Å². The van der Waals surface area contributed by atoms with Crippen molar-refractivity contribution >= 4 is 21.8 Å². The molecule has 3 heteroatoms. The average Bonchev–Trinajstić information content (AvgIpc) is 2.91. The lowest BCUT2D eigenvalue weighted by molar-refractivity contribution is -0.131. The van der Waals surface area contributed by atoms with Gasteiger partial charge in [0.1, 0.15) is 0 Å². The fraction of sp³-hybridized carbons (Fsp3) is 0.917. The predicted molar refractivity (Wildman–Crippen MR) is 62.9 cm³/mol. The molecule has 2 unspecified atom stereocenters. The number of nitrogens with zero attached hydrogens (tertiary/aromatic N) is 1. The Balaban J connectivity index is 1.73. The third kappa shape index (κ3) is 1.73. The van der Waals surface area contributed by atoms with Gasteiger partial charge in [-0.2, -0.15) is 0 Å². The van der Waals surface area contributed by atoms with E-state index in [0.29, 0.717) is 11.9 Å². The van der Waals surface area contributed by atoms with Crippen molar-refractivity contribution in [2.24, 2.45) is 11.8 Å². The molecule has 0 N–H and O–H groups in total. The highest BCUT2D eigenvalue weighted by molar-refractivity contribution is 9.10. The molecular weight excluding hydrogens is 254 g/mol. The number of hydrogen-bond donors (Lipinski definition) is 0. The number of hydrogen-bond acceptors (Lipinski definition) is 1. The number of rotatable bonds is 3. The summed E-state index contributed by atoms with van der Waals surface area (Å²) < 4.78 is 0. The maximum atomic E-state index is 12.0. The molecule has 0 bridgehead atoms. The van der Waals surface area contributed by atoms with Crippen LogP contribution in [0.5, 0.6) is 0 Å². The second-order valence-electron chi connectivity index (χ2n) is 5.31. The van der Waals surface area contributed by atoms with E-state index in [0.717, 1.165) is 24.8 Å². The second-order valence-corrected chi connectivity index (χ2v) is 6.41. The zero-order chi connectivity index (χ0) is 10.4. The fourth-order valence-corrected chi connectivity index (χ4v) is 3.54.